The van der Waals surface area contributed by atoms with Crippen LogP contribution in [0, 0.1) is 0 Å². The highest BCUT2D eigenvalue weighted by Gasteiger charge is 2.06. The molecule has 2 N–H and O–H groups in total. The van der Waals surface area contributed by atoms with E-state index in [1.807, 2.05) is 13.0 Å². The maximum absolute atomic E-state index is 5.61. The second kappa shape index (κ2) is 7.19. The molecule has 0 saturated heterocycles. The summed E-state index contributed by atoms with van der Waals surface area (Å²) >= 11 is 0. The molecule has 0 aliphatic rings. The second-order valence-electron chi connectivity index (χ2n) is 3.31. The molecule has 1 atom stereocenters. The Bertz CT molecular complexity index is 318. The lowest BCUT2D eigenvalue weighted by molar-refractivity contribution is 0.276. The average Bonchev–Trinajstić information content (AvgIpc) is 2.25. The predicted octanol–water partition coefficient (Wildman–Crippen LogP) is 1.85. The van der Waals surface area contributed by atoms with Crippen molar-refractivity contribution in [3.05, 3.63) is 18.2 Å². The van der Waals surface area contributed by atoms with Crippen LogP contribution in [0.1, 0.15) is 6.92 Å². The molecule has 5 heteroatoms. The minimum absolute atomic E-state index is 0. The summed E-state index contributed by atoms with van der Waals surface area (Å²) in [5.74, 6) is 2.06. The zero-order valence-corrected chi connectivity index (χ0v) is 10.5. The van der Waals surface area contributed by atoms with Crippen molar-refractivity contribution in [2.45, 2.75) is 13.0 Å². The number of methoxy groups -OCH3 is 2. The van der Waals surface area contributed by atoms with Crippen molar-refractivity contribution < 1.29 is 14.2 Å². The Labute approximate surface area is 102 Å². The molecule has 0 heterocycles. The maximum Gasteiger partial charge on any atom is 0.164 e. The Balaban J connectivity index is 0.00000225. The number of hydrogen-bond acceptors (Lipinski definition) is 4. The molecule has 0 aliphatic heterocycles. The van der Waals surface area contributed by atoms with Crippen LogP contribution in [0.3, 0.4) is 0 Å². The van der Waals surface area contributed by atoms with Gasteiger partial charge in [-0.2, -0.15) is 0 Å². The summed E-state index contributed by atoms with van der Waals surface area (Å²) in [5, 5.41) is 0. The Morgan fingerprint density at radius 3 is 2.38 bits per heavy atom. The highest BCUT2D eigenvalue weighted by molar-refractivity contribution is 5.85. The molecule has 0 bridgehead atoms. The third kappa shape index (κ3) is 4.16. The Morgan fingerprint density at radius 1 is 1.19 bits per heavy atom. The van der Waals surface area contributed by atoms with Crippen LogP contribution in [0.5, 0.6) is 17.2 Å². The van der Waals surface area contributed by atoms with E-state index in [-0.39, 0.29) is 18.4 Å². The molecule has 1 aromatic rings. The van der Waals surface area contributed by atoms with Gasteiger partial charge in [0.1, 0.15) is 12.4 Å². The molecule has 0 amide bonds. The standard InChI is InChI=1S/C11H17NO3.ClH/c1-8(12)7-15-11-6-9(13-2)4-5-10(11)14-3;/h4-6,8H,7,12H2,1-3H3;1H. The van der Waals surface area contributed by atoms with E-state index in [2.05, 4.69) is 0 Å². The molecule has 4 nitrogen and oxygen atoms in total. The molecule has 1 unspecified atom stereocenters. The van der Waals surface area contributed by atoms with Gasteiger partial charge in [0.2, 0.25) is 0 Å². The first-order valence-electron chi connectivity index (χ1n) is 4.77. The first kappa shape index (κ1) is 14.9. The summed E-state index contributed by atoms with van der Waals surface area (Å²) in [6.45, 7) is 2.33. The van der Waals surface area contributed by atoms with Crippen molar-refractivity contribution in [2.24, 2.45) is 5.73 Å². The minimum atomic E-state index is -0.0130. The fraction of sp³-hybridized carbons (Fsp3) is 0.455. The van der Waals surface area contributed by atoms with E-state index in [1.54, 1.807) is 26.4 Å². The van der Waals surface area contributed by atoms with Crippen LogP contribution in [-0.2, 0) is 0 Å². The topological polar surface area (TPSA) is 53.7 Å². The highest BCUT2D eigenvalue weighted by atomic mass is 35.5. The summed E-state index contributed by atoms with van der Waals surface area (Å²) < 4.78 is 15.8. The zero-order chi connectivity index (χ0) is 11.3. The van der Waals surface area contributed by atoms with Crippen molar-refractivity contribution in [1.82, 2.24) is 0 Å². The van der Waals surface area contributed by atoms with Gasteiger partial charge in [-0.25, -0.2) is 0 Å². The summed E-state index contributed by atoms with van der Waals surface area (Å²) in [6, 6.07) is 5.38. The molecule has 0 aliphatic carbocycles. The van der Waals surface area contributed by atoms with Gasteiger partial charge in [0, 0.05) is 12.1 Å². The normalized spacial score (nSPS) is 11.2. The summed E-state index contributed by atoms with van der Waals surface area (Å²) in [7, 11) is 3.21. The number of nitrogens with two attached hydrogens (primary N) is 1. The largest absolute Gasteiger partial charge is 0.497 e. The van der Waals surface area contributed by atoms with Crippen molar-refractivity contribution in [2.75, 3.05) is 20.8 Å². The lowest BCUT2D eigenvalue weighted by atomic mass is 10.3. The highest BCUT2D eigenvalue weighted by Crippen LogP contribution is 2.31. The number of halogens is 1. The minimum Gasteiger partial charge on any atom is -0.497 e. The Morgan fingerprint density at radius 2 is 1.88 bits per heavy atom. The van der Waals surface area contributed by atoms with Gasteiger partial charge in [-0.1, -0.05) is 0 Å². The lowest BCUT2D eigenvalue weighted by Gasteiger charge is -2.13. The fourth-order valence-corrected chi connectivity index (χ4v) is 1.12. The van der Waals surface area contributed by atoms with Crippen molar-refractivity contribution in [3.8, 4) is 17.2 Å². The quantitative estimate of drug-likeness (QED) is 0.863. The van der Waals surface area contributed by atoms with Gasteiger partial charge >= 0.3 is 0 Å². The predicted molar refractivity (Wildman–Crippen MR) is 65.9 cm³/mol. The van der Waals surface area contributed by atoms with Crippen LogP contribution >= 0.6 is 12.4 Å². The Kier molecular flexibility index (Phi) is 6.69. The third-order valence-corrected chi connectivity index (χ3v) is 1.87. The van der Waals surface area contributed by atoms with Gasteiger partial charge in [0.15, 0.2) is 11.5 Å². The van der Waals surface area contributed by atoms with E-state index in [1.165, 1.54) is 0 Å². The third-order valence-electron chi connectivity index (χ3n) is 1.87. The van der Waals surface area contributed by atoms with Gasteiger partial charge in [-0.05, 0) is 19.1 Å². The number of hydrogen-bond donors (Lipinski definition) is 1. The van der Waals surface area contributed by atoms with E-state index >= 15 is 0 Å². The van der Waals surface area contributed by atoms with Crippen LogP contribution in [-0.4, -0.2) is 26.9 Å². The smallest absolute Gasteiger partial charge is 0.164 e. The molecule has 1 aromatic carbocycles. The van der Waals surface area contributed by atoms with Gasteiger partial charge in [-0.15, -0.1) is 12.4 Å². The second-order valence-corrected chi connectivity index (χ2v) is 3.31. The first-order valence-corrected chi connectivity index (χ1v) is 4.77. The molecule has 16 heavy (non-hydrogen) atoms. The molecule has 0 fully saturated rings. The summed E-state index contributed by atoms with van der Waals surface area (Å²) in [4.78, 5) is 0. The fourth-order valence-electron chi connectivity index (χ4n) is 1.12. The SMILES string of the molecule is COc1ccc(OC)c(OCC(C)N)c1.Cl. The molecule has 0 radical (unpaired) electrons. The summed E-state index contributed by atoms with van der Waals surface area (Å²) in [6.07, 6.45) is 0. The van der Waals surface area contributed by atoms with E-state index < -0.39 is 0 Å². The van der Waals surface area contributed by atoms with Crippen LogP contribution in [0.2, 0.25) is 0 Å². The van der Waals surface area contributed by atoms with Crippen LogP contribution in [0.25, 0.3) is 0 Å². The molecular formula is C11H18ClNO3. The van der Waals surface area contributed by atoms with Gasteiger partial charge < -0.3 is 19.9 Å². The van der Waals surface area contributed by atoms with Gasteiger partial charge in [-0.3, -0.25) is 0 Å². The number of rotatable bonds is 5. The zero-order valence-electron chi connectivity index (χ0n) is 9.73. The molecule has 92 valence electrons. The lowest BCUT2D eigenvalue weighted by Crippen LogP contribution is -2.23. The molecule has 0 aromatic heterocycles. The number of benzene rings is 1. The number of ether oxygens (including phenoxy) is 3. The van der Waals surface area contributed by atoms with Gasteiger partial charge in [0.05, 0.1) is 14.2 Å². The van der Waals surface area contributed by atoms with Crippen molar-refractivity contribution in [3.63, 3.8) is 0 Å². The van der Waals surface area contributed by atoms with E-state index in [0.29, 0.717) is 18.1 Å². The molecular weight excluding hydrogens is 230 g/mol. The molecule has 0 saturated carbocycles. The Hall–Kier alpha value is -1.13. The van der Waals surface area contributed by atoms with E-state index in [0.717, 1.165) is 5.75 Å². The van der Waals surface area contributed by atoms with E-state index in [4.69, 9.17) is 19.9 Å². The summed E-state index contributed by atoms with van der Waals surface area (Å²) in [5.41, 5.74) is 5.61. The monoisotopic (exact) mass is 247 g/mol. The van der Waals surface area contributed by atoms with Crippen LogP contribution < -0.4 is 19.9 Å². The van der Waals surface area contributed by atoms with Crippen molar-refractivity contribution in [1.29, 1.82) is 0 Å². The van der Waals surface area contributed by atoms with Crippen LogP contribution in [0.4, 0.5) is 0 Å². The maximum atomic E-state index is 5.61. The molecule has 1 rings (SSSR count). The van der Waals surface area contributed by atoms with E-state index in [9.17, 15) is 0 Å². The van der Waals surface area contributed by atoms with Gasteiger partial charge in [0.25, 0.3) is 0 Å². The van der Waals surface area contributed by atoms with Crippen molar-refractivity contribution >= 4 is 12.4 Å². The average molecular weight is 248 g/mol. The van der Waals surface area contributed by atoms with Crippen LogP contribution in [0.15, 0.2) is 18.2 Å². The molecule has 0 spiro atoms. The first-order chi connectivity index (χ1) is 7.17.